The van der Waals surface area contributed by atoms with Crippen LogP contribution >= 0.6 is 0 Å². The van der Waals surface area contributed by atoms with E-state index in [0.717, 1.165) is 37.3 Å². The summed E-state index contributed by atoms with van der Waals surface area (Å²) < 4.78 is 5.56. The summed E-state index contributed by atoms with van der Waals surface area (Å²) in [6, 6.07) is 1.80. The average Bonchev–Trinajstić information content (AvgIpc) is 2.38. The predicted molar refractivity (Wildman–Crippen MR) is 67.4 cm³/mol. The molecule has 1 aromatic rings. The molecule has 1 aromatic heterocycles. The van der Waals surface area contributed by atoms with Crippen LogP contribution in [0.3, 0.4) is 0 Å². The fourth-order valence-corrected chi connectivity index (χ4v) is 1.40. The molecule has 5 nitrogen and oxygen atoms in total. The first-order valence-electron chi connectivity index (χ1n) is 6.09. The molecule has 0 spiro atoms. The molecular weight excluding hydrogens is 218 g/mol. The number of nitrogens with zero attached hydrogens (tertiary/aromatic N) is 2. The first kappa shape index (κ1) is 13.7. The Morgan fingerprint density at radius 3 is 2.76 bits per heavy atom. The molecule has 0 aliphatic carbocycles. The Morgan fingerprint density at radius 1 is 1.29 bits per heavy atom. The van der Waals surface area contributed by atoms with Crippen LogP contribution < -0.4 is 10.1 Å². The van der Waals surface area contributed by atoms with E-state index in [1.54, 1.807) is 6.07 Å². The van der Waals surface area contributed by atoms with Crippen LogP contribution in [0, 0.1) is 0 Å². The molecule has 0 aliphatic rings. The molecule has 0 atom stereocenters. The van der Waals surface area contributed by atoms with Crippen LogP contribution in [0.4, 0.5) is 5.82 Å². The van der Waals surface area contributed by atoms with Gasteiger partial charge >= 0.3 is 0 Å². The average molecular weight is 239 g/mol. The van der Waals surface area contributed by atoms with Gasteiger partial charge in [0.05, 0.1) is 6.61 Å². The van der Waals surface area contributed by atoms with Crippen molar-refractivity contribution in [1.82, 2.24) is 9.97 Å². The minimum Gasteiger partial charge on any atom is -0.478 e. The van der Waals surface area contributed by atoms with Crippen molar-refractivity contribution in [1.29, 1.82) is 0 Å². The number of aliphatic hydroxyl groups is 1. The highest BCUT2D eigenvalue weighted by Crippen LogP contribution is 2.13. The summed E-state index contributed by atoms with van der Waals surface area (Å²) in [4.78, 5) is 8.59. The van der Waals surface area contributed by atoms with Crippen molar-refractivity contribution in [3.63, 3.8) is 0 Å². The zero-order chi connectivity index (χ0) is 12.5. The number of nitrogens with one attached hydrogen (secondary N) is 1. The van der Waals surface area contributed by atoms with Gasteiger partial charge in [-0.15, -0.1) is 0 Å². The van der Waals surface area contributed by atoms with Crippen molar-refractivity contribution in [2.45, 2.75) is 32.6 Å². The summed E-state index contributed by atoms with van der Waals surface area (Å²) in [7, 11) is 1.83. The van der Waals surface area contributed by atoms with Gasteiger partial charge in [-0.3, -0.25) is 0 Å². The molecule has 0 saturated heterocycles. The van der Waals surface area contributed by atoms with E-state index in [1.165, 1.54) is 0 Å². The van der Waals surface area contributed by atoms with Crippen LogP contribution in [0.5, 0.6) is 5.88 Å². The monoisotopic (exact) mass is 239 g/mol. The fourth-order valence-electron chi connectivity index (χ4n) is 1.40. The molecule has 0 fully saturated rings. The number of rotatable bonds is 8. The van der Waals surface area contributed by atoms with Crippen LogP contribution in [-0.2, 0) is 6.42 Å². The predicted octanol–water partition coefficient (Wildman–Crippen LogP) is 1.62. The lowest BCUT2D eigenvalue weighted by Gasteiger charge is -2.08. The maximum absolute atomic E-state index is 8.65. The van der Waals surface area contributed by atoms with Gasteiger partial charge in [0.2, 0.25) is 5.88 Å². The van der Waals surface area contributed by atoms with E-state index in [0.29, 0.717) is 12.5 Å². The number of unbranched alkanes of at least 4 members (excludes halogenated alkanes) is 2. The Bertz CT molecular complexity index is 309. The van der Waals surface area contributed by atoms with Gasteiger partial charge in [-0.1, -0.05) is 6.92 Å². The summed E-state index contributed by atoms with van der Waals surface area (Å²) in [5.74, 6) is 2.18. The Balaban J connectivity index is 2.46. The van der Waals surface area contributed by atoms with Crippen LogP contribution in [-0.4, -0.2) is 35.3 Å². The molecule has 0 radical (unpaired) electrons. The molecule has 96 valence electrons. The van der Waals surface area contributed by atoms with Gasteiger partial charge in [-0.25, -0.2) is 4.98 Å². The maximum atomic E-state index is 8.65. The molecule has 17 heavy (non-hydrogen) atoms. The van der Waals surface area contributed by atoms with Crippen LogP contribution in [0.2, 0.25) is 0 Å². The van der Waals surface area contributed by atoms with E-state index < -0.39 is 0 Å². The van der Waals surface area contributed by atoms with Crippen molar-refractivity contribution in [3.05, 3.63) is 11.9 Å². The molecule has 2 N–H and O–H groups in total. The summed E-state index contributed by atoms with van der Waals surface area (Å²) in [6.07, 6.45) is 3.52. The lowest BCUT2D eigenvalue weighted by Crippen LogP contribution is -2.04. The van der Waals surface area contributed by atoms with Gasteiger partial charge in [0.1, 0.15) is 11.6 Å². The number of anilines is 1. The van der Waals surface area contributed by atoms with Crippen LogP contribution in [0.25, 0.3) is 0 Å². The number of aliphatic hydroxyl groups excluding tert-OH is 1. The summed E-state index contributed by atoms with van der Waals surface area (Å²) >= 11 is 0. The lowest BCUT2D eigenvalue weighted by atomic mass is 10.2. The molecular formula is C12H21N3O2. The van der Waals surface area contributed by atoms with E-state index in [4.69, 9.17) is 9.84 Å². The van der Waals surface area contributed by atoms with E-state index in [2.05, 4.69) is 15.3 Å². The topological polar surface area (TPSA) is 67.3 Å². The second kappa shape index (κ2) is 7.84. The highest BCUT2D eigenvalue weighted by Gasteiger charge is 2.03. The van der Waals surface area contributed by atoms with Crippen molar-refractivity contribution in [2.75, 3.05) is 25.6 Å². The third kappa shape index (κ3) is 4.99. The second-order valence-corrected chi connectivity index (χ2v) is 3.74. The highest BCUT2D eigenvalue weighted by molar-refractivity contribution is 5.37. The number of aromatic nitrogens is 2. The molecule has 0 saturated carbocycles. The minimum atomic E-state index is 0.247. The molecule has 0 aromatic carbocycles. The van der Waals surface area contributed by atoms with Crippen molar-refractivity contribution < 1.29 is 9.84 Å². The van der Waals surface area contributed by atoms with Gasteiger partial charge in [0.25, 0.3) is 0 Å². The number of ether oxygens (including phenoxy) is 1. The highest BCUT2D eigenvalue weighted by atomic mass is 16.5. The van der Waals surface area contributed by atoms with E-state index in [-0.39, 0.29) is 6.61 Å². The SMILES string of the molecule is CCc1nc(NC)cc(OCCCCCO)n1. The summed E-state index contributed by atoms with van der Waals surface area (Å²) in [5.41, 5.74) is 0. The molecule has 1 heterocycles. The lowest BCUT2D eigenvalue weighted by molar-refractivity contribution is 0.262. The quantitative estimate of drug-likeness (QED) is 0.675. The van der Waals surface area contributed by atoms with Crippen molar-refractivity contribution in [2.24, 2.45) is 0 Å². The Labute approximate surface area is 102 Å². The molecule has 0 amide bonds. The van der Waals surface area contributed by atoms with Gasteiger partial charge < -0.3 is 15.2 Å². The summed E-state index contributed by atoms with van der Waals surface area (Å²) in [6.45, 7) is 2.89. The Morgan fingerprint density at radius 2 is 2.12 bits per heavy atom. The standard InChI is InChI=1S/C12H21N3O2/c1-3-10-14-11(13-2)9-12(15-10)17-8-6-4-5-7-16/h9,16H,3-8H2,1-2H3,(H,13,14,15). The third-order valence-corrected chi connectivity index (χ3v) is 2.37. The third-order valence-electron chi connectivity index (χ3n) is 2.37. The van der Waals surface area contributed by atoms with Gasteiger partial charge in [-0.05, 0) is 19.3 Å². The largest absolute Gasteiger partial charge is 0.478 e. The van der Waals surface area contributed by atoms with E-state index >= 15 is 0 Å². The molecule has 0 bridgehead atoms. The fraction of sp³-hybridized carbons (Fsp3) is 0.667. The molecule has 5 heteroatoms. The number of hydrogen-bond donors (Lipinski definition) is 2. The van der Waals surface area contributed by atoms with Crippen LogP contribution in [0.15, 0.2) is 6.07 Å². The van der Waals surface area contributed by atoms with Gasteiger partial charge in [0, 0.05) is 26.1 Å². The first-order valence-corrected chi connectivity index (χ1v) is 6.09. The van der Waals surface area contributed by atoms with Crippen molar-refractivity contribution in [3.8, 4) is 5.88 Å². The number of hydrogen-bond acceptors (Lipinski definition) is 5. The second-order valence-electron chi connectivity index (χ2n) is 3.74. The van der Waals surface area contributed by atoms with E-state index in [9.17, 15) is 0 Å². The maximum Gasteiger partial charge on any atom is 0.218 e. The molecule has 1 rings (SSSR count). The van der Waals surface area contributed by atoms with Gasteiger partial charge in [0.15, 0.2) is 0 Å². The Hall–Kier alpha value is -1.36. The first-order chi connectivity index (χ1) is 8.30. The normalized spacial score (nSPS) is 10.3. The van der Waals surface area contributed by atoms with E-state index in [1.807, 2.05) is 14.0 Å². The molecule has 0 unspecified atom stereocenters. The zero-order valence-electron chi connectivity index (χ0n) is 10.6. The zero-order valence-corrected chi connectivity index (χ0v) is 10.6. The smallest absolute Gasteiger partial charge is 0.218 e. The van der Waals surface area contributed by atoms with Crippen LogP contribution in [0.1, 0.15) is 32.0 Å². The minimum absolute atomic E-state index is 0.247. The van der Waals surface area contributed by atoms with Gasteiger partial charge in [-0.2, -0.15) is 4.98 Å². The molecule has 0 aliphatic heterocycles. The van der Waals surface area contributed by atoms with Crippen molar-refractivity contribution >= 4 is 5.82 Å². The number of aryl methyl sites for hydroxylation is 1. The summed E-state index contributed by atoms with van der Waals surface area (Å²) in [5, 5.41) is 11.6. The Kier molecular flexibility index (Phi) is 6.32.